The van der Waals surface area contributed by atoms with Crippen molar-refractivity contribution in [2.75, 3.05) is 11.9 Å². The maximum absolute atomic E-state index is 11.9. The number of hydrogen-bond acceptors (Lipinski definition) is 4. The van der Waals surface area contributed by atoms with Crippen molar-refractivity contribution in [3.05, 3.63) is 34.1 Å². The molecule has 3 rings (SSSR count). The van der Waals surface area contributed by atoms with Crippen LogP contribution in [0.15, 0.2) is 34.1 Å². The van der Waals surface area contributed by atoms with Crippen LogP contribution in [0.2, 0.25) is 0 Å². The Morgan fingerprint density at radius 2 is 2.21 bits per heavy atom. The van der Waals surface area contributed by atoms with Crippen LogP contribution in [0.5, 0.6) is 0 Å². The fraction of sp³-hybridized carbons (Fsp3) is 0.353. The molecule has 2 unspecified atom stereocenters. The summed E-state index contributed by atoms with van der Waals surface area (Å²) in [5.74, 6) is 0.529. The number of rotatable bonds is 6. The third kappa shape index (κ3) is 4.42. The molecule has 0 spiro atoms. The first-order valence-electron chi connectivity index (χ1n) is 7.82. The van der Waals surface area contributed by atoms with Gasteiger partial charge in [0.15, 0.2) is 5.13 Å². The van der Waals surface area contributed by atoms with Gasteiger partial charge in [0.1, 0.15) is 0 Å². The molecule has 1 heterocycles. The molecule has 0 saturated heterocycles. The number of benzene rings is 1. The highest BCUT2D eigenvalue weighted by atomic mass is 79.9. The minimum atomic E-state index is -0.144. The minimum absolute atomic E-state index is 0.0569. The van der Waals surface area contributed by atoms with Gasteiger partial charge >= 0.3 is 0 Å². The zero-order chi connectivity index (χ0) is 17.1. The average Bonchev–Trinajstić information content (AvgIpc) is 3.09. The minimum Gasteiger partial charge on any atom is -0.355 e. The molecule has 1 aliphatic rings. The van der Waals surface area contributed by atoms with E-state index in [0.717, 1.165) is 22.2 Å². The van der Waals surface area contributed by atoms with Crippen molar-refractivity contribution >= 4 is 44.2 Å². The summed E-state index contributed by atoms with van der Waals surface area (Å²) in [7, 11) is 0. The third-order valence-corrected chi connectivity index (χ3v) is 5.22. The molecule has 1 aromatic heterocycles. The smallest absolute Gasteiger partial charge is 0.227 e. The molecule has 1 aromatic carbocycles. The summed E-state index contributed by atoms with van der Waals surface area (Å²) in [6.07, 6.45) is 1.20. The van der Waals surface area contributed by atoms with Crippen LogP contribution in [0.3, 0.4) is 0 Å². The fourth-order valence-corrected chi connectivity index (χ4v) is 3.55. The van der Waals surface area contributed by atoms with Crippen LogP contribution in [0.25, 0.3) is 11.3 Å². The predicted molar refractivity (Wildman–Crippen MR) is 98.8 cm³/mol. The Kier molecular flexibility index (Phi) is 5.30. The lowest BCUT2D eigenvalue weighted by molar-refractivity contribution is -0.122. The third-order valence-electron chi connectivity index (χ3n) is 3.97. The van der Waals surface area contributed by atoms with E-state index >= 15 is 0 Å². The lowest BCUT2D eigenvalue weighted by Crippen LogP contribution is -2.29. The van der Waals surface area contributed by atoms with Gasteiger partial charge < -0.3 is 10.6 Å². The Labute approximate surface area is 153 Å². The van der Waals surface area contributed by atoms with Gasteiger partial charge in [0.25, 0.3) is 0 Å². The van der Waals surface area contributed by atoms with Crippen LogP contribution >= 0.6 is 27.3 Å². The molecule has 2 N–H and O–H groups in total. The second-order valence-corrected chi connectivity index (χ2v) is 7.73. The number of hydrogen-bond donors (Lipinski definition) is 2. The van der Waals surface area contributed by atoms with Crippen molar-refractivity contribution in [3.63, 3.8) is 0 Å². The molecule has 24 heavy (non-hydrogen) atoms. The van der Waals surface area contributed by atoms with Crippen LogP contribution in [-0.4, -0.2) is 23.3 Å². The molecular weight excluding hydrogens is 390 g/mol. The zero-order valence-electron chi connectivity index (χ0n) is 13.2. The molecule has 0 radical (unpaired) electrons. The lowest BCUT2D eigenvalue weighted by atomic mass is 10.2. The molecule has 2 atom stereocenters. The number of nitrogens with zero attached hydrogens (tertiary/aromatic N) is 1. The van der Waals surface area contributed by atoms with Crippen LogP contribution in [0.4, 0.5) is 5.13 Å². The molecule has 1 fully saturated rings. The normalized spacial score (nSPS) is 18.9. The highest BCUT2D eigenvalue weighted by Gasteiger charge is 2.38. The topological polar surface area (TPSA) is 71.1 Å². The van der Waals surface area contributed by atoms with Gasteiger partial charge in [0.2, 0.25) is 11.8 Å². The number of amides is 2. The van der Waals surface area contributed by atoms with Crippen molar-refractivity contribution < 1.29 is 9.59 Å². The Balaban J connectivity index is 1.47. The summed E-state index contributed by atoms with van der Waals surface area (Å²) in [4.78, 5) is 28.1. The van der Waals surface area contributed by atoms with Crippen molar-refractivity contribution in [1.29, 1.82) is 0 Å². The molecule has 5 nitrogen and oxygen atoms in total. The van der Waals surface area contributed by atoms with E-state index in [1.807, 2.05) is 29.6 Å². The standard InChI is InChI=1S/C17H18BrN3O2S/c1-10-7-13(10)16(23)19-6-5-15(22)21-17-20-14(9-24-17)11-3-2-4-12(18)8-11/h2-4,8-10,13H,5-7H2,1H3,(H,19,23)(H,20,21,22). The van der Waals surface area contributed by atoms with Crippen molar-refractivity contribution in [2.45, 2.75) is 19.8 Å². The summed E-state index contributed by atoms with van der Waals surface area (Å²) < 4.78 is 0.985. The van der Waals surface area contributed by atoms with E-state index in [-0.39, 0.29) is 24.2 Å². The first-order valence-corrected chi connectivity index (χ1v) is 9.49. The number of thiazole rings is 1. The van der Waals surface area contributed by atoms with E-state index in [1.165, 1.54) is 11.3 Å². The van der Waals surface area contributed by atoms with Crippen molar-refractivity contribution in [2.24, 2.45) is 11.8 Å². The fourth-order valence-electron chi connectivity index (χ4n) is 2.41. The molecule has 0 aliphatic heterocycles. The molecular formula is C17H18BrN3O2S. The number of carbonyl (C=O) groups is 2. The molecule has 1 saturated carbocycles. The first kappa shape index (κ1) is 17.1. The summed E-state index contributed by atoms with van der Waals surface area (Å²) in [6.45, 7) is 2.42. The second-order valence-electron chi connectivity index (χ2n) is 5.96. The number of halogens is 1. The Bertz CT molecular complexity index is 762. The summed E-state index contributed by atoms with van der Waals surface area (Å²) in [5, 5.41) is 8.06. The number of carbonyl (C=O) groups excluding carboxylic acids is 2. The van der Waals surface area contributed by atoms with Crippen LogP contribution in [0.1, 0.15) is 19.8 Å². The van der Waals surface area contributed by atoms with Crippen molar-refractivity contribution in [1.82, 2.24) is 10.3 Å². The van der Waals surface area contributed by atoms with E-state index in [1.54, 1.807) is 0 Å². The number of anilines is 1. The van der Waals surface area contributed by atoms with E-state index < -0.39 is 0 Å². The van der Waals surface area contributed by atoms with E-state index in [2.05, 4.69) is 38.5 Å². The van der Waals surface area contributed by atoms with Gasteiger partial charge in [-0.2, -0.15) is 0 Å². The molecule has 0 bridgehead atoms. The summed E-state index contributed by atoms with van der Waals surface area (Å²) in [5.41, 5.74) is 1.82. The van der Waals surface area contributed by atoms with E-state index in [4.69, 9.17) is 0 Å². The van der Waals surface area contributed by atoms with Gasteiger partial charge in [0, 0.05) is 34.3 Å². The first-order chi connectivity index (χ1) is 11.5. The molecule has 2 aromatic rings. The van der Waals surface area contributed by atoms with Gasteiger partial charge in [-0.25, -0.2) is 4.98 Å². The highest BCUT2D eigenvalue weighted by molar-refractivity contribution is 9.10. The van der Waals surface area contributed by atoms with Crippen LogP contribution in [0, 0.1) is 11.8 Å². The predicted octanol–water partition coefficient (Wildman–Crippen LogP) is 3.67. The number of nitrogens with one attached hydrogen (secondary N) is 2. The quantitative estimate of drug-likeness (QED) is 0.766. The maximum atomic E-state index is 11.9. The van der Waals surface area contributed by atoms with Crippen LogP contribution in [-0.2, 0) is 9.59 Å². The summed E-state index contributed by atoms with van der Waals surface area (Å²) >= 11 is 4.82. The Morgan fingerprint density at radius 1 is 1.42 bits per heavy atom. The highest BCUT2D eigenvalue weighted by Crippen LogP contribution is 2.37. The van der Waals surface area contributed by atoms with Gasteiger partial charge in [-0.3, -0.25) is 9.59 Å². The molecule has 1 aliphatic carbocycles. The van der Waals surface area contributed by atoms with Gasteiger partial charge in [0.05, 0.1) is 5.69 Å². The maximum Gasteiger partial charge on any atom is 0.227 e. The van der Waals surface area contributed by atoms with Gasteiger partial charge in [-0.05, 0) is 24.5 Å². The van der Waals surface area contributed by atoms with Crippen LogP contribution < -0.4 is 10.6 Å². The number of aromatic nitrogens is 1. The Hall–Kier alpha value is -1.73. The van der Waals surface area contributed by atoms with E-state index in [9.17, 15) is 9.59 Å². The second kappa shape index (κ2) is 7.44. The Morgan fingerprint density at radius 3 is 2.92 bits per heavy atom. The monoisotopic (exact) mass is 407 g/mol. The molecule has 126 valence electrons. The van der Waals surface area contributed by atoms with E-state index in [0.29, 0.717) is 17.6 Å². The summed E-state index contributed by atoms with van der Waals surface area (Å²) in [6, 6.07) is 7.85. The largest absolute Gasteiger partial charge is 0.355 e. The molecule has 7 heteroatoms. The lowest BCUT2D eigenvalue weighted by Gasteiger charge is -2.04. The van der Waals surface area contributed by atoms with Gasteiger partial charge in [-0.1, -0.05) is 35.0 Å². The van der Waals surface area contributed by atoms with Crippen molar-refractivity contribution in [3.8, 4) is 11.3 Å². The molecule has 2 amide bonds. The zero-order valence-corrected chi connectivity index (χ0v) is 15.6. The average molecular weight is 408 g/mol. The SMILES string of the molecule is CC1CC1C(=O)NCCC(=O)Nc1nc(-c2cccc(Br)c2)cs1. The van der Waals surface area contributed by atoms with Gasteiger partial charge in [-0.15, -0.1) is 11.3 Å².